The van der Waals surface area contributed by atoms with Crippen LogP contribution in [-0.4, -0.2) is 28.1 Å². The van der Waals surface area contributed by atoms with Gasteiger partial charge in [0.2, 0.25) is 5.91 Å². The predicted molar refractivity (Wildman–Crippen MR) is 69.8 cm³/mol. The fourth-order valence-corrected chi connectivity index (χ4v) is 1.66. The van der Waals surface area contributed by atoms with Gasteiger partial charge in [0.25, 0.3) is 5.91 Å². The Morgan fingerprint density at radius 1 is 1.26 bits per heavy atom. The van der Waals surface area contributed by atoms with E-state index in [1.165, 1.54) is 0 Å². The number of benzene rings is 1. The molecule has 3 N–H and O–H groups in total. The summed E-state index contributed by atoms with van der Waals surface area (Å²) in [5.74, 6) is -0.903. The summed E-state index contributed by atoms with van der Waals surface area (Å²) in [5, 5.41) is 6.60. The molecule has 0 unspecified atom stereocenters. The number of aryl methyl sites for hydroxylation is 1. The van der Waals surface area contributed by atoms with E-state index in [1.54, 1.807) is 35.1 Å². The topological polar surface area (TPSA) is 90.0 Å². The van der Waals surface area contributed by atoms with Gasteiger partial charge in [-0.25, -0.2) is 4.68 Å². The molecule has 2 aromatic rings. The molecule has 98 valence electrons. The number of primary amides is 1. The van der Waals surface area contributed by atoms with Crippen LogP contribution in [-0.2, 0) is 4.79 Å². The minimum atomic E-state index is -0.572. The molecule has 0 aliphatic rings. The number of aromatic nitrogens is 2. The maximum Gasteiger partial charge on any atom is 0.251 e. The molecule has 0 saturated heterocycles. The third-order valence-corrected chi connectivity index (χ3v) is 2.63. The average Bonchev–Trinajstić information content (AvgIpc) is 2.82. The van der Waals surface area contributed by atoms with E-state index in [2.05, 4.69) is 10.4 Å². The Kier molecular flexibility index (Phi) is 3.61. The summed E-state index contributed by atoms with van der Waals surface area (Å²) in [6, 6.07) is 8.82. The summed E-state index contributed by atoms with van der Waals surface area (Å²) < 4.78 is 1.77. The molecule has 0 spiro atoms. The van der Waals surface area contributed by atoms with Crippen molar-refractivity contribution in [1.82, 2.24) is 15.1 Å². The number of nitrogens with zero attached hydrogens (tertiary/aromatic N) is 2. The molecule has 2 amide bonds. The lowest BCUT2D eigenvalue weighted by atomic mass is 10.2. The summed E-state index contributed by atoms with van der Waals surface area (Å²) in [7, 11) is 0. The van der Waals surface area contributed by atoms with Gasteiger partial charge in [-0.05, 0) is 37.3 Å². The Labute approximate surface area is 110 Å². The Morgan fingerprint density at radius 2 is 1.95 bits per heavy atom. The lowest BCUT2D eigenvalue weighted by Gasteiger charge is -2.06. The first-order valence-electron chi connectivity index (χ1n) is 5.75. The molecule has 1 heterocycles. The standard InChI is InChI=1S/C13H14N4O2/c1-9-6-7-16-17(9)11-4-2-10(3-5-11)13(19)15-8-12(14)18/h2-7H,8H2,1H3,(H2,14,18)(H,15,19). The first-order valence-corrected chi connectivity index (χ1v) is 5.75. The van der Waals surface area contributed by atoms with Gasteiger partial charge in [0.05, 0.1) is 12.2 Å². The van der Waals surface area contributed by atoms with E-state index in [0.29, 0.717) is 5.56 Å². The molecule has 6 heteroatoms. The van der Waals surface area contributed by atoms with Crippen molar-refractivity contribution < 1.29 is 9.59 Å². The van der Waals surface area contributed by atoms with E-state index < -0.39 is 5.91 Å². The van der Waals surface area contributed by atoms with Crippen molar-refractivity contribution in [1.29, 1.82) is 0 Å². The van der Waals surface area contributed by atoms with E-state index in [0.717, 1.165) is 11.4 Å². The van der Waals surface area contributed by atoms with Crippen LogP contribution in [0.25, 0.3) is 5.69 Å². The minimum Gasteiger partial charge on any atom is -0.368 e. The molecule has 0 aliphatic carbocycles. The highest BCUT2D eigenvalue weighted by molar-refractivity contribution is 5.96. The Bertz CT molecular complexity index is 601. The Balaban J connectivity index is 2.13. The summed E-state index contributed by atoms with van der Waals surface area (Å²) in [6.45, 7) is 1.78. The fourth-order valence-electron chi connectivity index (χ4n) is 1.66. The molecule has 0 fully saturated rings. The highest BCUT2D eigenvalue weighted by Crippen LogP contribution is 2.11. The van der Waals surface area contributed by atoms with Crippen LogP contribution in [0, 0.1) is 6.92 Å². The summed E-state index contributed by atoms with van der Waals surface area (Å²) in [4.78, 5) is 22.3. The highest BCUT2D eigenvalue weighted by atomic mass is 16.2. The second-order valence-corrected chi connectivity index (χ2v) is 4.08. The lowest BCUT2D eigenvalue weighted by Crippen LogP contribution is -2.33. The minimum absolute atomic E-state index is 0.168. The fraction of sp³-hybridized carbons (Fsp3) is 0.154. The van der Waals surface area contributed by atoms with E-state index in [-0.39, 0.29) is 12.5 Å². The smallest absolute Gasteiger partial charge is 0.251 e. The van der Waals surface area contributed by atoms with Gasteiger partial charge in [0, 0.05) is 17.5 Å². The molecule has 0 bridgehead atoms. The van der Waals surface area contributed by atoms with Crippen LogP contribution in [0.15, 0.2) is 36.5 Å². The second kappa shape index (κ2) is 5.34. The molecule has 2 rings (SSSR count). The van der Waals surface area contributed by atoms with Gasteiger partial charge in [0.1, 0.15) is 0 Å². The number of rotatable bonds is 4. The van der Waals surface area contributed by atoms with E-state index in [1.807, 2.05) is 13.0 Å². The largest absolute Gasteiger partial charge is 0.368 e. The number of amides is 2. The Morgan fingerprint density at radius 3 is 2.47 bits per heavy atom. The van der Waals surface area contributed by atoms with Crippen LogP contribution >= 0.6 is 0 Å². The third kappa shape index (κ3) is 2.98. The van der Waals surface area contributed by atoms with Crippen molar-refractivity contribution in [3.8, 4) is 5.69 Å². The number of nitrogens with one attached hydrogen (secondary N) is 1. The van der Waals surface area contributed by atoms with Crippen LogP contribution in [0.1, 0.15) is 16.1 Å². The first-order chi connectivity index (χ1) is 9.08. The highest BCUT2D eigenvalue weighted by Gasteiger charge is 2.07. The zero-order valence-corrected chi connectivity index (χ0v) is 10.5. The molecule has 0 aliphatic heterocycles. The molecule has 1 aromatic carbocycles. The lowest BCUT2D eigenvalue weighted by molar-refractivity contribution is -0.117. The van der Waals surface area contributed by atoms with Gasteiger partial charge in [-0.15, -0.1) is 0 Å². The normalized spacial score (nSPS) is 10.2. The van der Waals surface area contributed by atoms with Gasteiger partial charge >= 0.3 is 0 Å². The van der Waals surface area contributed by atoms with Crippen LogP contribution in [0.3, 0.4) is 0 Å². The maximum absolute atomic E-state index is 11.7. The van der Waals surface area contributed by atoms with Crippen molar-refractivity contribution in [2.75, 3.05) is 6.54 Å². The van der Waals surface area contributed by atoms with Crippen molar-refractivity contribution in [2.45, 2.75) is 6.92 Å². The second-order valence-electron chi connectivity index (χ2n) is 4.08. The molecule has 0 atom stereocenters. The van der Waals surface area contributed by atoms with Crippen LogP contribution in [0.2, 0.25) is 0 Å². The van der Waals surface area contributed by atoms with Gasteiger partial charge < -0.3 is 11.1 Å². The zero-order chi connectivity index (χ0) is 13.8. The Hall–Kier alpha value is -2.63. The van der Waals surface area contributed by atoms with Crippen molar-refractivity contribution in [3.63, 3.8) is 0 Å². The first kappa shape index (κ1) is 12.8. The number of nitrogens with two attached hydrogens (primary N) is 1. The maximum atomic E-state index is 11.7. The van der Waals surface area contributed by atoms with Gasteiger partial charge in [-0.1, -0.05) is 0 Å². The van der Waals surface area contributed by atoms with Crippen LogP contribution in [0.4, 0.5) is 0 Å². The van der Waals surface area contributed by atoms with Gasteiger partial charge in [-0.2, -0.15) is 5.10 Å². The van der Waals surface area contributed by atoms with Gasteiger partial charge in [-0.3, -0.25) is 9.59 Å². The van der Waals surface area contributed by atoms with E-state index in [9.17, 15) is 9.59 Å². The number of hydrogen-bond donors (Lipinski definition) is 2. The summed E-state index contributed by atoms with van der Waals surface area (Å²) >= 11 is 0. The molecule has 6 nitrogen and oxygen atoms in total. The number of carbonyl (C=O) groups is 2. The average molecular weight is 258 g/mol. The molecule has 1 aromatic heterocycles. The van der Waals surface area contributed by atoms with Crippen LogP contribution in [0.5, 0.6) is 0 Å². The van der Waals surface area contributed by atoms with Crippen molar-refractivity contribution in [3.05, 3.63) is 47.8 Å². The molecule has 19 heavy (non-hydrogen) atoms. The van der Waals surface area contributed by atoms with Crippen molar-refractivity contribution >= 4 is 11.8 Å². The van der Waals surface area contributed by atoms with Crippen LogP contribution < -0.4 is 11.1 Å². The monoisotopic (exact) mass is 258 g/mol. The van der Waals surface area contributed by atoms with E-state index >= 15 is 0 Å². The molecule has 0 radical (unpaired) electrons. The van der Waals surface area contributed by atoms with Crippen molar-refractivity contribution in [2.24, 2.45) is 5.73 Å². The quantitative estimate of drug-likeness (QED) is 0.831. The summed E-state index contributed by atoms with van der Waals surface area (Å²) in [5.41, 5.74) is 7.30. The molecular weight excluding hydrogens is 244 g/mol. The van der Waals surface area contributed by atoms with E-state index in [4.69, 9.17) is 5.73 Å². The molecule has 0 saturated carbocycles. The molecular formula is C13H14N4O2. The number of hydrogen-bond acceptors (Lipinski definition) is 3. The third-order valence-electron chi connectivity index (χ3n) is 2.63. The van der Waals surface area contributed by atoms with Gasteiger partial charge in [0.15, 0.2) is 0 Å². The number of carbonyl (C=O) groups excluding carboxylic acids is 2. The summed E-state index contributed by atoms with van der Waals surface area (Å²) in [6.07, 6.45) is 1.71. The predicted octanol–water partition coefficient (Wildman–Crippen LogP) is 0.396. The zero-order valence-electron chi connectivity index (χ0n) is 10.5. The SMILES string of the molecule is Cc1ccnn1-c1ccc(C(=O)NCC(N)=O)cc1.